The van der Waals surface area contributed by atoms with Crippen molar-refractivity contribution in [3.8, 4) is 0 Å². The Kier molecular flexibility index (Phi) is 6.59. The quantitative estimate of drug-likeness (QED) is 0.734. The standard InChI is InChI=1S/C18H29N3O3S/c1-5-21(6-2)25(23,24)17-9-7-15(8-10-17)14(4)20-18(22)13(3)16-11-19-12-16/h7-10,13-14,16,19H,5-6,11-12H2,1-4H3,(H,20,22). The van der Waals surface area contributed by atoms with Gasteiger partial charge in [-0.05, 0) is 43.6 Å². The number of hydrogen-bond acceptors (Lipinski definition) is 4. The second-order valence-corrected chi connectivity index (χ2v) is 8.53. The van der Waals surface area contributed by atoms with E-state index in [0.717, 1.165) is 18.7 Å². The summed E-state index contributed by atoms with van der Waals surface area (Å²) in [5.74, 6) is 0.415. The minimum absolute atomic E-state index is 0.0222. The third-order valence-electron chi connectivity index (χ3n) is 5.02. The van der Waals surface area contributed by atoms with Gasteiger partial charge in [-0.1, -0.05) is 32.9 Å². The Morgan fingerprint density at radius 1 is 1.20 bits per heavy atom. The van der Waals surface area contributed by atoms with Gasteiger partial charge in [-0.3, -0.25) is 4.79 Å². The van der Waals surface area contributed by atoms with Crippen molar-refractivity contribution in [3.05, 3.63) is 29.8 Å². The summed E-state index contributed by atoms with van der Waals surface area (Å²) < 4.78 is 26.4. The zero-order valence-corrected chi connectivity index (χ0v) is 16.3. The van der Waals surface area contributed by atoms with Gasteiger partial charge in [-0.25, -0.2) is 8.42 Å². The lowest BCUT2D eigenvalue weighted by molar-refractivity contribution is -0.127. The molecule has 1 fully saturated rings. The molecule has 2 atom stereocenters. The van der Waals surface area contributed by atoms with Gasteiger partial charge in [0.25, 0.3) is 0 Å². The van der Waals surface area contributed by atoms with Crippen LogP contribution in [0.1, 0.15) is 39.3 Å². The molecule has 6 nitrogen and oxygen atoms in total. The normalized spacial score (nSPS) is 17.8. The van der Waals surface area contributed by atoms with Gasteiger partial charge < -0.3 is 10.6 Å². The number of sulfonamides is 1. The summed E-state index contributed by atoms with van der Waals surface area (Å²) in [7, 11) is -3.45. The van der Waals surface area contributed by atoms with Gasteiger partial charge in [-0.2, -0.15) is 4.31 Å². The van der Waals surface area contributed by atoms with Crippen LogP contribution in [0.15, 0.2) is 29.2 Å². The summed E-state index contributed by atoms with van der Waals surface area (Å²) in [4.78, 5) is 12.6. The van der Waals surface area contributed by atoms with E-state index in [9.17, 15) is 13.2 Å². The van der Waals surface area contributed by atoms with Crippen LogP contribution in [0.5, 0.6) is 0 Å². The summed E-state index contributed by atoms with van der Waals surface area (Å²) in [6.45, 7) is 10.2. The largest absolute Gasteiger partial charge is 0.349 e. The zero-order valence-electron chi connectivity index (χ0n) is 15.5. The van der Waals surface area contributed by atoms with E-state index in [1.807, 2.05) is 27.7 Å². The first-order valence-corrected chi connectivity index (χ1v) is 10.4. The van der Waals surface area contributed by atoms with Crippen LogP contribution in [0, 0.1) is 11.8 Å². The van der Waals surface area contributed by atoms with Gasteiger partial charge in [-0.15, -0.1) is 0 Å². The second kappa shape index (κ2) is 8.29. The first-order valence-electron chi connectivity index (χ1n) is 8.92. The van der Waals surface area contributed by atoms with Crippen LogP contribution in [0.3, 0.4) is 0 Å². The predicted molar refractivity (Wildman–Crippen MR) is 98.6 cm³/mol. The highest BCUT2D eigenvalue weighted by Crippen LogP contribution is 2.21. The Hall–Kier alpha value is -1.44. The first kappa shape index (κ1) is 19.9. The lowest BCUT2D eigenvalue weighted by atomic mass is 9.88. The van der Waals surface area contributed by atoms with E-state index < -0.39 is 10.0 Å². The van der Waals surface area contributed by atoms with Gasteiger partial charge in [0, 0.05) is 19.0 Å². The highest BCUT2D eigenvalue weighted by Gasteiger charge is 2.29. The molecule has 0 bridgehead atoms. The molecular formula is C18H29N3O3S. The highest BCUT2D eigenvalue weighted by molar-refractivity contribution is 7.89. The molecule has 1 aliphatic heterocycles. The molecule has 2 N–H and O–H groups in total. The average Bonchev–Trinajstić information content (AvgIpc) is 2.54. The van der Waals surface area contributed by atoms with Gasteiger partial charge in [0.05, 0.1) is 10.9 Å². The van der Waals surface area contributed by atoms with Crippen molar-refractivity contribution in [1.29, 1.82) is 0 Å². The van der Waals surface area contributed by atoms with Crippen LogP contribution in [0.4, 0.5) is 0 Å². The van der Waals surface area contributed by atoms with E-state index >= 15 is 0 Å². The molecule has 1 amide bonds. The number of nitrogens with zero attached hydrogens (tertiary/aromatic N) is 1. The second-order valence-electron chi connectivity index (χ2n) is 6.60. The number of hydrogen-bond donors (Lipinski definition) is 2. The first-order chi connectivity index (χ1) is 11.8. The maximum atomic E-state index is 12.5. The van der Waals surface area contributed by atoms with E-state index in [1.54, 1.807) is 24.3 Å². The van der Waals surface area contributed by atoms with Crippen LogP contribution in [-0.2, 0) is 14.8 Å². The molecule has 0 radical (unpaired) electrons. The Morgan fingerprint density at radius 3 is 2.20 bits per heavy atom. The van der Waals surface area contributed by atoms with Gasteiger partial charge in [0.1, 0.15) is 0 Å². The third kappa shape index (κ3) is 4.40. The summed E-state index contributed by atoms with van der Waals surface area (Å²) >= 11 is 0. The van der Waals surface area contributed by atoms with Crippen molar-refractivity contribution >= 4 is 15.9 Å². The third-order valence-corrected chi connectivity index (χ3v) is 7.08. The van der Waals surface area contributed by atoms with Crippen molar-refractivity contribution < 1.29 is 13.2 Å². The summed E-state index contributed by atoms with van der Waals surface area (Å²) in [5, 5.41) is 6.20. The van der Waals surface area contributed by atoms with E-state index in [1.165, 1.54) is 4.31 Å². The van der Waals surface area contributed by atoms with Crippen LogP contribution in [-0.4, -0.2) is 44.8 Å². The van der Waals surface area contributed by atoms with Crippen LogP contribution in [0.25, 0.3) is 0 Å². The Labute approximate surface area is 151 Å². The molecule has 1 aromatic carbocycles. The molecule has 1 saturated heterocycles. The molecule has 0 spiro atoms. The zero-order chi connectivity index (χ0) is 18.6. The predicted octanol–water partition coefficient (Wildman–Crippen LogP) is 1.75. The fourth-order valence-corrected chi connectivity index (χ4v) is 4.41. The molecule has 25 heavy (non-hydrogen) atoms. The number of rotatable bonds is 8. The minimum atomic E-state index is -3.45. The molecule has 1 aromatic rings. The maximum absolute atomic E-state index is 12.5. The lowest BCUT2D eigenvalue weighted by Crippen LogP contribution is -2.49. The fourth-order valence-electron chi connectivity index (χ4n) is 2.95. The van der Waals surface area contributed by atoms with Gasteiger partial charge in [0.15, 0.2) is 0 Å². The topological polar surface area (TPSA) is 78.5 Å². The molecule has 0 aliphatic carbocycles. The molecule has 7 heteroatoms. The van der Waals surface area contributed by atoms with E-state index in [0.29, 0.717) is 19.0 Å². The van der Waals surface area contributed by atoms with Crippen LogP contribution in [0.2, 0.25) is 0 Å². The van der Waals surface area contributed by atoms with E-state index in [2.05, 4.69) is 10.6 Å². The number of nitrogens with one attached hydrogen (secondary N) is 2. The van der Waals surface area contributed by atoms with Crippen molar-refractivity contribution in [2.75, 3.05) is 26.2 Å². The smallest absolute Gasteiger partial charge is 0.243 e. The molecule has 2 unspecified atom stereocenters. The number of amides is 1. The van der Waals surface area contributed by atoms with Gasteiger partial charge >= 0.3 is 0 Å². The lowest BCUT2D eigenvalue weighted by Gasteiger charge is -2.32. The van der Waals surface area contributed by atoms with Crippen LogP contribution >= 0.6 is 0 Å². The Balaban J connectivity index is 2.04. The SMILES string of the molecule is CCN(CC)S(=O)(=O)c1ccc(C(C)NC(=O)C(C)C2CNC2)cc1. The van der Waals surface area contributed by atoms with Crippen molar-refractivity contribution in [1.82, 2.24) is 14.9 Å². The van der Waals surface area contributed by atoms with E-state index in [-0.39, 0.29) is 22.8 Å². The molecule has 0 aromatic heterocycles. The summed E-state index contributed by atoms with van der Waals surface area (Å²) in [6.07, 6.45) is 0. The maximum Gasteiger partial charge on any atom is 0.243 e. The molecule has 140 valence electrons. The fraction of sp³-hybridized carbons (Fsp3) is 0.611. The Morgan fingerprint density at radius 2 is 1.76 bits per heavy atom. The molecule has 1 aliphatic rings. The Bertz CT molecular complexity index is 680. The van der Waals surface area contributed by atoms with Crippen LogP contribution < -0.4 is 10.6 Å². The highest BCUT2D eigenvalue weighted by atomic mass is 32.2. The van der Waals surface area contributed by atoms with Crippen molar-refractivity contribution in [2.24, 2.45) is 11.8 Å². The molecule has 2 rings (SSSR count). The number of benzene rings is 1. The number of carbonyl (C=O) groups is 1. The summed E-state index contributed by atoms with van der Waals surface area (Å²) in [5.41, 5.74) is 0.894. The molecule has 1 heterocycles. The number of carbonyl (C=O) groups excluding carboxylic acids is 1. The average molecular weight is 368 g/mol. The van der Waals surface area contributed by atoms with Crippen molar-refractivity contribution in [3.63, 3.8) is 0 Å². The van der Waals surface area contributed by atoms with Gasteiger partial charge in [0.2, 0.25) is 15.9 Å². The minimum Gasteiger partial charge on any atom is -0.349 e. The summed E-state index contributed by atoms with van der Waals surface area (Å²) in [6, 6.07) is 6.62. The monoisotopic (exact) mass is 367 g/mol. The molecular weight excluding hydrogens is 338 g/mol. The van der Waals surface area contributed by atoms with E-state index in [4.69, 9.17) is 0 Å². The molecule has 0 saturated carbocycles. The van der Waals surface area contributed by atoms with Crippen molar-refractivity contribution in [2.45, 2.75) is 38.6 Å².